The van der Waals surface area contributed by atoms with Crippen LogP contribution in [0.5, 0.6) is 0 Å². The summed E-state index contributed by atoms with van der Waals surface area (Å²) in [6.07, 6.45) is 4.89. The van der Waals surface area contributed by atoms with Crippen LogP contribution >= 0.6 is 0 Å². The number of rotatable bonds is 6. The number of aliphatic hydroxyl groups is 2. The molecule has 0 saturated heterocycles. The van der Waals surface area contributed by atoms with E-state index in [1.165, 1.54) is 0 Å². The van der Waals surface area contributed by atoms with Crippen molar-refractivity contribution in [1.29, 1.82) is 0 Å². The van der Waals surface area contributed by atoms with Gasteiger partial charge in [0.2, 0.25) is 0 Å². The van der Waals surface area contributed by atoms with Gasteiger partial charge in [-0.1, -0.05) is 25.7 Å². The lowest BCUT2D eigenvalue weighted by Crippen LogP contribution is -2.55. The molecule has 23 heavy (non-hydrogen) atoms. The van der Waals surface area contributed by atoms with Crippen molar-refractivity contribution < 1.29 is 28.6 Å². The average molecular weight is 334 g/mol. The Hall–Kier alpha value is -1.28. The lowest BCUT2D eigenvalue weighted by atomic mass is 10.0. The summed E-state index contributed by atoms with van der Waals surface area (Å²) in [5, 5.41) is 24.0. The third-order valence-electron chi connectivity index (χ3n) is 4.79. The second kappa shape index (κ2) is 6.68. The van der Waals surface area contributed by atoms with E-state index in [-0.39, 0.29) is 13.1 Å². The minimum atomic E-state index is -4.23. The van der Waals surface area contributed by atoms with Gasteiger partial charge in [0.1, 0.15) is 0 Å². The van der Waals surface area contributed by atoms with Gasteiger partial charge in [-0.05, 0) is 25.7 Å². The van der Waals surface area contributed by atoms with Crippen molar-refractivity contribution in [3.63, 3.8) is 0 Å². The summed E-state index contributed by atoms with van der Waals surface area (Å²) in [6, 6.07) is 0. The Balaban J connectivity index is 1.83. The van der Waals surface area contributed by atoms with E-state index in [1.807, 2.05) is 10.6 Å². The summed E-state index contributed by atoms with van der Waals surface area (Å²) in [6.45, 7) is -0.586. The van der Waals surface area contributed by atoms with E-state index in [0.29, 0.717) is 25.7 Å². The molecule has 2 amide bonds. The molecule has 0 aromatic rings. The predicted molar refractivity (Wildman–Crippen MR) is 77.8 cm³/mol. The van der Waals surface area contributed by atoms with Gasteiger partial charge < -0.3 is 20.8 Å². The van der Waals surface area contributed by atoms with E-state index in [9.17, 15) is 28.6 Å². The number of nitrogens with one attached hydrogen (secondary N) is 2. The normalized spacial score (nSPS) is 22.8. The molecule has 0 aromatic heterocycles. The highest BCUT2D eigenvalue weighted by atomic mass is 19.3. The third-order valence-corrected chi connectivity index (χ3v) is 4.79. The van der Waals surface area contributed by atoms with E-state index < -0.39 is 28.9 Å². The zero-order chi connectivity index (χ0) is 17.1. The van der Waals surface area contributed by atoms with E-state index >= 15 is 0 Å². The molecule has 0 bridgehead atoms. The number of carbonyl (C=O) groups is 2. The first-order valence-corrected chi connectivity index (χ1v) is 8.06. The molecule has 8 heteroatoms. The minimum Gasteiger partial charge on any atom is -0.388 e. The van der Waals surface area contributed by atoms with Crippen LogP contribution in [0.4, 0.5) is 8.78 Å². The van der Waals surface area contributed by atoms with Crippen LogP contribution in [0, 0.1) is 0 Å². The first-order chi connectivity index (χ1) is 10.7. The number of alkyl halides is 2. The van der Waals surface area contributed by atoms with Gasteiger partial charge in [-0.2, -0.15) is 8.78 Å². The van der Waals surface area contributed by atoms with Crippen LogP contribution in [-0.2, 0) is 9.59 Å². The van der Waals surface area contributed by atoms with E-state index in [0.717, 1.165) is 25.7 Å². The highest BCUT2D eigenvalue weighted by Gasteiger charge is 2.48. The fourth-order valence-corrected chi connectivity index (χ4v) is 3.23. The fraction of sp³-hybridized carbons (Fsp3) is 0.867. The first-order valence-electron chi connectivity index (χ1n) is 8.06. The van der Waals surface area contributed by atoms with Gasteiger partial charge in [0.05, 0.1) is 11.2 Å². The Bertz CT molecular complexity index is 418. The summed E-state index contributed by atoms with van der Waals surface area (Å²) < 4.78 is 27.6. The Morgan fingerprint density at radius 1 is 0.826 bits per heavy atom. The molecule has 2 aliphatic carbocycles. The molecular weight excluding hydrogens is 310 g/mol. The molecule has 0 heterocycles. The first kappa shape index (κ1) is 18.1. The largest absolute Gasteiger partial charge is 0.400 e. The minimum absolute atomic E-state index is 0.293. The van der Waals surface area contributed by atoms with Gasteiger partial charge in [0, 0.05) is 13.1 Å². The zero-order valence-electron chi connectivity index (χ0n) is 13.0. The van der Waals surface area contributed by atoms with Crippen LogP contribution in [0.25, 0.3) is 0 Å². The molecule has 0 atom stereocenters. The Labute approximate surface area is 133 Å². The van der Waals surface area contributed by atoms with Crippen LogP contribution in [0.2, 0.25) is 0 Å². The van der Waals surface area contributed by atoms with Crippen LogP contribution in [0.1, 0.15) is 51.4 Å². The monoisotopic (exact) mass is 334 g/mol. The summed E-state index contributed by atoms with van der Waals surface area (Å²) in [7, 11) is 0. The van der Waals surface area contributed by atoms with Crippen molar-refractivity contribution in [2.24, 2.45) is 0 Å². The van der Waals surface area contributed by atoms with Gasteiger partial charge in [-0.25, -0.2) is 0 Å². The molecule has 2 aliphatic rings. The van der Waals surface area contributed by atoms with Crippen LogP contribution in [0.3, 0.4) is 0 Å². The molecule has 6 nitrogen and oxygen atoms in total. The second-order valence-electron chi connectivity index (χ2n) is 6.80. The second-order valence-corrected chi connectivity index (χ2v) is 6.80. The lowest BCUT2D eigenvalue weighted by Gasteiger charge is -2.25. The Morgan fingerprint density at radius 2 is 1.13 bits per heavy atom. The molecule has 0 unspecified atom stereocenters. The van der Waals surface area contributed by atoms with Crippen molar-refractivity contribution in [3.8, 4) is 0 Å². The Morgan fingerprint density at radius 3 is 1.43 bits per heavy atom. The molecule has 132 valence electrons. The van der Waals surface area contributed by atoms with E-state index in [2.05, 4.69) is 0 Å². The standard InChI is InChI=1S/C15H24F2N2O4/c16-15(17,11(20)18-9-13(22)5-1-2-6-13)12(21)19-10-14(23)7-3-4-8-14/h22-23H,1-10H2,(H,18,20)(H,19,21). The third kappa shape index (κ3) is 4.38. The van der Waals surface area contributed by atoms with Crippen LogP contribution < -0.4 is 10.6 Å². The van der Waals surface area contributed by atoms with Gasteiger partial charge in [0.25, 0.3) is 0 Å². The average Bonchev–Trinajstić information content (AvgIpc) is 3.12. The van der Waals surface area contributed by atoms with Gasteiger partial charge in [0.15, 0.2) is 0 Å². The van der Waals surface area contributed by atoms with Crippen molar-refractivity contribution in [3.05, 3.63) is 0 Å². The van der Waals surface area contributed by atoms with Crippen molar-refractivity contribution in [1.82, 2.24) is 10.6 Å². The van der Waals surface area contributed by atoms with Crippen molar-refractivity contribution in [2.45, 2.75) is 68.5 Å². The highest BCUT2D eigenvalue weighted by Crippen LogP contribution is 2.30. The SMILES string of the molecule is O=C(NCC1(O)CCCC1)C(F)(F)C(=O)NCC1(O)CCCC1. The van der Waals surface area contributed by atoms with Crippen LogP contribution in [-0.4, -0.2) is 52.2 Å². The maximum Gasteiger partial charge on any atom is 0.400 e. The fourth-order valence-electron chi connectivity index (χ4n) is 3.23. The number of carbonyl (C=O) groups excluding carboxylic acids is 2. The zero-order valence-corrected chi connectivity index (χ0v) is 13.0. The summed E-state index contributed by atoms with van der Waals surface area (Å²) >= 11 is 0. The predicted octanol–water partition coefficient (Wildman–Crippen LogP) is 0.464. The summed E-state index contributed by atoms with van der Waals surface area (Å²) in [5.74, 6) is -7.69. The molecule has 0 aromatic carbocycles. The van der Waals surface area contributed by atoms with Crippen molar-refractivity contribution in [2.75, 3.05) is 13.1 Å². The lowest BCUT2D eigenvalue weighted by molar-refractivity contribution is -0.161. The molecule has 0 aliphatic heterocycles. The van der Waals surface area contributed by atoms with Gasteiger partial charge >= 0.3 is 17.7 Å². The van der Waals surface area contributed by atoms with Gasteiger partial charge in [-0.15, -0.1) is 0 Å². The number of hydrogen-bond donors (Lipinski definition) is 4. The van der Waals surface area contributed by atoms with E-state index in [4.69, 9.17) is 0 Å². The smallest absolute Gasteiger partial charge is 0.388 e. The quantitative estimate of drug-likeness (QED) is 0.531. The molecule has 2 rings (SSSR count). The van der Waals surface area contributed by atoms with E-state index in [1.54, 1.807) is 0 Å². The molecular formula is C15H24F2N2O4. The molecule has 2 saturated carbocycles. The highest BCUT2D eigenvalue weighted by molar-refractivity contribution is 6.06. The Kier molecular flexibility index (Phi) is 5.25. The van der Waals surface area contributed by atoms with Gasteiger partial charge in [-0.3, -0.25) is 9.59 Å². The van der Waals surface area contributed by atoms with Crippen LogP contribution in [0.15, 0.2) is 0 Å². The summed E-state index contributed by atoms with van der Waals surface area (Å²) in [5.41, 5.74) is -2.33. The molecule has 2 fully saturated rings. The maximum atomic E-state index is 13.8. The topological polar surface area (TPSA) is 98.7 Å². The molecule has 4 N–H and O–H groups in total. The number of amides is 2. The number of halogens is 2. The maximum absolute atomic E-state index is 13.8. The van der Waals surface area contributed by atoms with Crippen molar-refractivity contribution >= 4 is 11.8 Å². The number of hydrogen-bond acceptors (Lipinski definition) is 4. The molecule has 0 spiro atoms. The summed E-state index contributed by atoms with van der Waals surface area (Å²) in [4.78, 5) is 23.2. The molecule has 0 radical (unpaired) electrons.